The molecule has 0 saturated carbocycles. The van der Waals surface area contributed by atoms with Crippen LogP contribution >= 0.6 is 0 Å². The van der Waals surface area contributed by atoms with E-state index in [1.807, 2.05) is 4.90 Å². The van der Waals surface area contributed by atoms with Crippen molar-refractivity contribution in [1.82, 2.24) is 29.4 Å². The minimum Gasteiger partial charge on any atom is -0.339 e. The lowest BCUT2D eigenvalue weighted by atomic mass is 9.97. The molecule has 0 unspecified atom stereocenters. The fraction of sp³-hybridized carbons (Fsp3) is 0.619. The first-order valence-electron chi connectivity index (χ1n) is 11.0. The maximum atomic E-state index is 13.7. The molecule has 1 atom stereocenters. The van der Waals surface area contributed by atoms with E-state index in [0.717, 1.165) is 32.1 Å². The third-order valence-corrected chi connectivity index (χ3v) is 8.38. The molecule has 4 heterocycles. The summed E-state index contributed by atoms with van der Waals surface area (Å²) in [5, 5.41) is 6.86. The molecule has 1 amide bonds. The van der Waals surface area contributed by atoms with Crippen LogP contribution in [0.15, 0.2) is 11.1 Å². The summed E-state index contributed by atoms with van der Waals surface area (Å²) in [5.74, 6) is 0.428. The normalized spacial score (nSPS) is 20.7. The van der Waals surface area contributed by atoms with Crippen molar-refractivity contribution in [2.75, 3.05) is 19.6 Å². The highest BCUT2D eigenvalue weighted by Crippen LogP contribution is 2.37. The van der Waals surface area contributed by atoms with Gasteiger partial charge in [0.25, 0.3) is 5.91 Å². The molecular formula is C21H30N6O3S. The van der Waals surface area contributed by atoms with Crippen LogP contribution in [-0.2, 0) is 10.0 Å². The number of sulfonamides is 1. The summed E-state index contributed by atoms with van der Waals surface area (Å²) in [6, 6.07) is -0.502. The zero-order valence-electron chi connectivity index (χ0n) is 18.4. The molecule has 2 aliphatic heterocycles. The molecule has 0 spiro atoms. The second-order valence-electron chi connectivity index (χ2n) is 8.46. The minimum absolute atomic E-state index is 0.103. The third kappa shape index (κ3) is 4.10. The minimum atomic E-state index is -3.80. The van der Waals surface area contributed by atoms with Crippen molar-refractivity contribution in [2.24, 2.45) is 0 Å². The van der Waals surface area contributed by atoms with Crippen LogP contribution in [0, 0.1) is 20.8 Å². The number of hydrogen-bond donors (Lipinski definition) is 1. The summed E-state index contributed by atoms with van der Waals surface area (Å²) in [7, 11) is -3.80. The van der Waals surface area contributed by atoms with Gasteiger partial charge in [-0.2, -0.15) is 9.40 Å². The van der Waals surface area contributed by atoms with Crippen LogP contribution in [0.4, 0.5) is 0 Å². The van der Waals surface area contributed by atoms with E-state index in [9.17, 15) is 13.2 Å². The second kappa shape index (κ2) is 8.66. The van der Waals surface area contributed by atoms with Crippen LogP contribution in [0.1, 0.15) is 77.8 Å². The number of carbonyl (C=O) groups excluding carboxylic acids is 1. The number of carbonyl (C=O) groups is 1. The van der Waals surface area contributed by atoms with Crippen molar-refractivity contribution in [2.45, 2.75) is 70.2 Å². The lowest BCUT2D eigenvalue weighted by Crippen LogP contribution is -2.41. The first-order chi connectivity index (χ1) is 14.8. The molecule has 2 aromatic rings. The second-order valence-corrected chi connectivity index (χ2v) is 10.3. The Morgan fingerprint density at radius 3 is 2.45 bits per heavy atom. The summed E-state index contributed by atoms with van der Waals surface area (Å²) < 4.78 is 28.8. The molecule has 1 N–H and O–H groups in total. The van der Waals surface area contributed by atoms with Gasteiger partial charge >= 0.3 is 0 Å². The highest BCUT2D eigenvalue weighted by atomic mass is 32.2. The van der Waals surface area contributed by atoms with E-state index in [4.69, 9.17) is 0 Å². The summed E-state index contributed by atoms with van der Waals surface area (Å²) >= 11 is 0. The maximum Gasteiger partial charge on any atom is 0.257 e. The van der Waals surface area contributed by atoms with Crippen molar-refractivity contribution in [3.05, 3.63) is 34.7 Å². The highest BCUT2D eigenvalue weighted by molar-refractivity contribution is 7.89. The van der Waals surface area contributed by atoms with Gasteiger partial charge in [0.15, 0.2) is 0 Å². The first kappa shape index (κ1) is 21.9. The number of aryl methyl sites for hydroxylation is 3. The zero-order chi connectivity index (χ0) is 22.2. The lowest BCUT2D eigenvalue weighted by molar-refractivity contribution is 0.0719. The number of H-pyrrole nitrogens is 1. The summed E-state index contributed by atoms with van der Waals surface area (Å²) in [6.45, 7) is 6.99. The van der Waals surface area contributed by atoms with Gasteiger partial charge < -0.3 is 4.90 Å². The predicted molar refractivity (Wildman–Crippen MR) is 115 cm³/mol. The van der Waals surface area contributed by atoms with Crippen LogP contribution in [0.5, 0.6) is 0 Å². The average Bonchev–Trinajstić information content (AvgIpc) is 3.12. The van der Waals surface area contributed by atoms with Crippen LogP contribution < -0.4 is 0 Å². The number of nitrogens with one attached hydrogen (secondary N) is 1. The molecule has 2 aliphatic rings. The smallest absolute Gasteiger partial charge is 0.257 e. The summed E-state index contributed by atoms with van der Waals surface area (Å²) in [6.07, 6.45) is 6.92. The molecule has 0 aromatic carbocycles. The van der Waals surface area contributed by atoms with Crippen molar-refractivity contribution in [3.63, 3.8) is 0 Å². The molecule has 0 aliphatic carbocycles. The van der Waals surface area contributed by atoms with Gasteiger partial charge in [0.05, 0.1) is 28.7 Å². The number of likely N-dealkylation sites (tertiary alicyclic amines) is 1. The topological polar surface area (TPSA) is 112 Å². The fourth-order valence-electron chi connectivity index (χ4n) is 4.68. The number of piperidine rings is 2. The third-order valence-electron chi connectivity index (χ3n) is 6.21. The van der Waals surface area contributed by atoms with Crippen molar-refractivity contribution >= 4 is 15.9 Å². The van der Waals surface area contributed by atoms with E-state index in [1.165, 1.54) is 4.31 Å². The molecule has 2 aromatic heterocycles. The number of aromatic nitrogens is 4. The van der Waals surface area contributed by atoms with E-state index in [2.05, 4.69) is 20.2 Å². The molecule has 9 nitrogen and oxygen atoms in total. The Hall–Kier alpha value is -2.33. The van der Waals surface area contributed by atoms with Crippen molar-refractivity contribution < 1.29 is 13.2 Å². The number of rotatable bonds is 4. The monoisotopic (exact) mass is 446 g/mol. The Morgan fingerprint density at radius 2 is 1.77 bits per heavy atom. The Morgan fingerprint density at radius 1 is 1.06 bits per heavy atom. The molecule has 0 bridgehead atoms. The van der Waals surface area contributed by atoms with Crippen LogP contribution in [0.2, 0.25) is 0 Å². The largest absolute Gasteiger partial charge is 0.339 e. The van der Waals surface area contributed by atoms with Gasteiger partial charge in [-0.3, -0.25) is 9.89 Å². The number of nitrogens with zero attached hydrogens (tertiary/aromatic N) is 5. The van der Waals surface area contributed by atoms with Gasteiger partial charge in [-0.1, -0.05) is 6.42 Å². The fourth-order valence-corrected chi connectivity index (χ4v) is 6.67. The summed E-state index contributed by atoms with van der Waals surface area (Å²) in [5.41, 5.74) is 1.90. The van der Waals surface area contributed by atoms with Crippen LogP contribution in [-0.4, -0.2) is 63.3 Å². The molecule has 4 rings (SSSR count). The van der Waals surface area contributed by atoms with Gasteiger partial charge in [-0.05, 0) is 52.9 Å². The van der Waals surface area contributed by atoms with Crippen molar-refractivity contribution in [3.8, 4) is 0 Å². The number of amides is 1. The quantitative estimate of drug-likeness (QED) is 0.773. The molecular weight excluding hydrogens is 416 g/mol. The van der Waals surface area contributed by atoms with Crippen LogP contribution in [0.3, 0.4) is 0 Å². The van der Waals surface area contributed by atoms with Gasteiger partial charge in [0.2, 0.25) is 10.0 Å². The van der Waals surface area contributed by atoms with Crippen LogP contribution in [0.25, 0.3) is 0 Å². The van der Waals surface area contributed by atoms with Gasteiger partial charge in [-0.25, -0.2) is 18.4 Å². The zero-order valence-corrected chi connectivity index (χ0v) is 19.2. The maximum absolute atomic E-state index is 13.7. The Labute approximate surface area is 183 Å². The van der Waals surface area contributed by atoms with E-state index >= 15 is 0 Å². The van der Waals surface area contributed by atoms with E-state index in [-0.39, 0.29) is 10.8 Å². The SMILES string of the molecule is Cc1ncc(C(=O)N2CCCCC2)c([C@@H]2CCCCN2S(=O)(=O)c2c(C)n[nH]c2C)n1. The van der Waals surface area contributed by atoms with Gasteiger partial charge in [0, 0.05) is 25.8 Å². The number of aromatic amines is 1. The van der Waals surface area contributed by atoms with Gasteiger partial charge in [-0.15, -0.1) is 0 Å². The summed E-state index contributed by atoms with van der Waals surface area (Å²) in [4.78, 5) is 24.3. The van der Waals surface area contributed by atoms with E-state index < -0.39 is 16.1 Å². The Balaban J connectivity index is 1.77. The molecule has 31 heavy (non-hydrogen) atoms. The molecule has 2 saturated heterocycles. The first-order valence-corrected chi connectivity index (χ1v) is 12.4. The van der Waals surface area contributed by atoms with E-state index in [0.29, 0.717) is 54.5 Å². The average molecular weight is 447 g/mol. The molecule has 2 fully saturated rings. The molecule has 10 heteroatoms. The molecule has 168 valence electrons. The highest BCUT2D eigenvalue weighted by Gasteiger charge is 2.39. The Kier molecular flexibility index (Phi) is 6.11. The number of hydrogen-bond acceptors (Lipinski definition) is 6. The van der Waals surface area contributed by atoms with Crippen molar-refractivity contribution in [1.29, 1.82) is 0 Å². The molecule has 0 radical (unpaired) electrons. The van der Waals surface area contributed by atoms with E-state index in [1.54, 1.807) is 27.0 Å². The standard InChI is InChI=1S/C21H30N6O3S/c1-14-20(15(2)25-24-14)31(29,30)27-12-8-5-9-18(27)19-17(13-22-16(3)23-19)21(28)26-10-6-4-7-11-26/h13,18H,4-12H2,1-3H3,(H,24,25)/t18-/m0/s1. The Bertz CT molecular complexity index is 1060. The predicted octanol–water partition coefficient (Wildman–Crippen LogP) is 2.67. The lowest BCUT2D eigenvalue weighted by Gasteiger charge is -2.35. The van der Waals surface area contributed by atoms with Gasteiger partial charge in [0.1, 0.15) is 10.7 Å².